The molecule has 1 aliphatic carbocycles. The van der Waals surface area contributed by atoms with Gasteiger partial charge in [-0.25, -0.2) is 9.79 Å². The number of urea groups is 1. The van der Waals surface area contributed by atoms with Gasteiger partial charge in [-0.15, -0.1) is 0 Å². The quantitative estimate of drug-likeness (QED) is 0.0742. The van der Waals surface area contributed by atoms with Gasteiger partial charge in [-0.1, -0.05) is 104 Å². The number of fused-ring (bicyclic) bond motifs is 1. The van der Waals surface area contributed by atoms with Crippen LogP contribution in [0.2, 0.25) is 16.6 Å². The fraction of sp³-hybridized carbons (Fsp3) is 0.522. The summed E-state index contributed by atoms with van der Waals surface area (Å²) in [6, 6.07) is 18.7. The number of aryl methyl sites for hydroxylation is 1. The van der Waals surface area contributed by atoms with Crippen molar-refractivity contribution in [3.63, 3.8) is 0 Å². The number of benzene rings is 2. The zero-order chi connectivity index (χ0) is 42.4. The SMILES string of the molecule is Cc1ccc(N=C(C=C(N)C(C)(C)C)NC(=O)N[C@H]2CC[C@@H](Oc3ccc(=N)n(C(=N)N4CCC(CO[Si](C(C)C)(C(C)C)C(C)C)CC4)c3)c3ccccc32)cc1. The summed E-state index contributed by atoms with van der Waals surface area (Å²) in [7, 11) is -1.93. The smallest absolute Gasteiger partial charge is 0.320 e. The number of carbonyl (C=O) groups is 1. The second-order valence-corrected chi connectivity index (χ2v) is 23.6. The maximum absolute atomic E-state index is 13.6. The second-order valence-electron chi connectivity index (χ2n) is 18.1. The van der Waals surface area contributed by atoms with Gasteiger partial charge in [0.2, 0.25) is 5.96 Å². The van der Waals surface area contributed by atoms with Crippen molar-refractivity contribution in [2.45, 2.75) is 124 Å². The molecule has 0 radical (unpaired) electrons. The molecule has 1 fully saturated rings. The normalized spacial score (nSPS) is 18.4. The van der Waals surface area contributed by atoms with Gasteiger partial charge in [-0.3, -0.25) is 20.7 Å². The van der Waals surface area contributed by atoms with Crippen molar-refractivity contribution in [2.75, 3.05) is 19.7 Å². The molecule has 58 heavy (non-hydrogen) atoms. The number of amides is 2. The van der Waals surface area contributed by atoms with Crippen LogP contribution in [0.1, 0.15) is 117 Å². The first-order valence-corrected chi connectivity index (χ1v) is 23.2. The molecule has 6 N–H and O–H groups in total. The number of nitrogens with zero attached hydrogens (tertiary/aromatic N) is 3. The van der Waals surface area contributed by atoms with Gasteiger partial charge in [0.1, 0.15) is 23.2 Å². The molecule has 3 aromatic rings. The summed E-state index contributed by atoms with van der Waals surface area (Å²) in [5.41, 5.74) is 12.4. The maximum atomic E-state index is 13.6. The molecule has 0 unspecified atom stereocenters. The van der Waals surface area contributed by atoms with E-state index in [4.69, 9.17) is 30.7 Å². The Hall–Kier alpha value is -4.68. The molecule has 5 rings (SSSR count). The zero-order valence-corrected chi connectivity index (χ0v) is 37.5. The molecular formula is C46H68N8O3Si. The molecule has 2 heterocycles. The molecule has 2 aromatic carbocycles. The molecule has 2 atom stereocenters. The van der Waals surface area contributed by atoms with Crippen LogP contribution in [0.25, 0.3) is 0 Å². The van der Waals surface area contributed by atoms with E-state index in [9.17, 15) is 4.79 Å². The Morgan fingerprint density at radius 3 is 2.16 bits per heavy atom. The number of likely N-dealkylation sites (tertiary alicyclic amines) is 1. The number of piperidine rings is 1. The molecule has 11 nitrogen and oxygen atoms in total. The summed E-state index contributed by atoms with van der Waals surface area (Å²) < 4.78 is 15.2. The van der Waals surface area contributed by atoms with Crippen LogP contribution in [0.5, 0.6) is 5.75 Å². The standard InChI is InChI=1S/C46H68N8O3Si/c1-30(2)58(31(3)4,32(5)6)56-29-34-23-25-53(26-24-34)44(49)54-28-36(19-22-42(54)48)57-40-21-20-39(37-13-11-12-14-38(37)40)51-45(55)52-43(27-41(47)46(8,9)10)50-35-17-15-33(7)16-18-35/h11-19,22,27-28,30-32,34,39-40,48-49H,20-21,23-26,29,47H2,1-10H3,(H2,50,51,52,55)/t39-,40+/m0/s1. The predicted octanol–water partition coefficient (Wildman–Crippen LogP) is 9.84. The lowest BCUT2D eigenvalue weighted by molar-refractivity contribution is 0.163. The molecule has 314 valence electrons. The Morgan fingerprint density at radius 1 is 0.931 bits per heavy atom. The van der Waals surface area contributed by atoms with Crippen molar-refractivity contribution in [1.29, 1.82) is 10.8 Å². The number of amidine groups is 1. The highest BCUT2D eigenvalue weighted by Gasteiger charge is 2.45. The van der Waals surface area contributed by atoms with Gasteiger partial charge in [0.05, 0.1) is 17.9 Å². The predicted molar refractivity (Wildman–Crippen MR) is 238 cm³/mol. The Balaban J connectivity index is 1.24. The average molecular weight is 809 g/mol. The van der Waals surface area contributed by atoms with Gasteiger partial charge >= 0.3 is 6.03 Å². The van der Waals surface area contributed by atoms with Gasteiger partial charge < -0.3 is 25.1 Å². The van der Waals surface area contributed by atoms with E-state index in [1.165, 1.54) is 0 Å². The zero-order valence-electron chi connectivity index (χ0n) is 36.5. The molecule has 0 saturated carbocycles. The highest BCUT2D eigenvalue weighted by Crippen LogP contribution is 2.43. The molecule has 2 amide bonds. The molecule has 2 aliphatic rings. The molecular weight excluding hydrogens is 741 g/mol. The average Bonchev–Trinajstić information content (AvgIpc) is 3.16. The summed E-state index contributed by atoms with van der Waals surface area (Å²) in [6.07, 6.45) is 6.45. The van der Waals surface area contributed by atoms with E-state index >= 15 is 0 Å². The number of pyridine rings is 1. The number of carbonyl (C=O) groups excluding carboxylic acids is 1. The molecule has 1 saturated heterocycles. The van der Waals surface area contributed by atoms with E-state index in [0.717, 1.165) is 49.2 Å². The number of nitrogens with two attached hydrogens (primary N) is 1. The van der Waals surface area contributed by atoms with Crippen LogP contribution >= 0.6 is 0 Å². The number of aliphatic imine (C=N–C) groups is 1. The van der Waals surface area contributed by atoms with E-state index < -0.39 is 8.32 Å². The van der Waals surface area contributed by atoms with Crippen molar-refractivity contribution < 1.29 is 14.0 Å². The first-order chi connectivity index (χ1) is 27.4. The molecule has 0 bridgehead atoms. The topological polar surface area (TPSA) is 154 Å². The maximum Gasteiger partial charge on any atom is 0.320 e. The van der Waals surface area contributed by atoms with Crippen LogP contribution in [0.4, 0.5) is 10.5 Å². The number of rotatable bonds is 11. The van der Waals surface area contributed by atoms with E-state index in [1.54, 1.807) is 29.0 Å². The van der Waals surface area contributed by atoms with E-state index in [1.807, 2.05) is 76.2 Å². The van der Waals surface area contributed by atoms with Gasteiger partial charge in [0.15, 0.2) is 8.32 Å². The van der Waals surface area contributed by atoms with Crippen LogP contribution in [-0.2, 0) is 4.43 Å². The Bertz CT molecular complexity index is 1980. The molecule has 12 heteroatoms. The minimum Gasteiger partial charge on any atom is -0.484 e. The highest BCUT2D eigenvalue weighted by molar-refractivity contribution is 6.77. The van der Waals surface area contributed by atoms with Crippen molar-refractivity contribution >= 4 is 31.8 Å². The van der Waals surface area contributed by atoms with Gasteiger partial charge in [-0.05, 0) is 90.5 Å². The van der Waals surface area contributed by atoms with Crippen LogP contribution < -0.4 is 26.6 Å². The van der Waals surface area contributed by atoms with E-state index in [2.05, 4.69) is 57.1 Å². The van der Waals surface area contributed by atoms with E-state index in [0.29, 0.717) is 58.4 Å². The number of nitrogens with one attached hydrogen (secondary N) is 4. The summed E-state index contributed by atoms with van der Waals surface area (Å²) in [4.78, 5) is 20.3. The minimum absolute atomic E-state index is 0.230. The fourth-order valence-electron chi connectivity index (χ4n) is 8.67. The first-order valence-electron chi connectivity index (χ1n) is 21.1. The largest absolute Gasteiger partial charge is 0.484 e. The van der Waals surface area contributed by atoms with Crippen molar-refractivity contribution in [2.24, 2.45) is 22.1 Å². The summed E-state index contributed by atoms with van der Waals surface area (Å²) in [5, 5.41) is 23.9. The molecule has 1 aromatic heterocycles. The van der Waals surface area contributed by atoms with Crippen LogP contribution in [0, 0.1) is 29.1 Å². The molecule has 0 spiro atoms. The Morgan fingerprint density at radius 2 is 1.55 bits per heavy atom. The van der Waals surface area contributed by atoms with Gasteiger partial charge in [-0.2, -0.15) is 0 Å². The lowest BCUT2D eigenvalue weighted by Crippen LogP contribution is -2.50. The second kappa shape index (κ2) is 18.9. The minimum atomic E-state index is -1.93. The van der Waals surface area contributed by atoms with Crippen molar-refractivity contribution in [3.05, 3.63) is 101 Å². The highest BCUT2D eigenvalue weighted by atomic mass is 28.4. The third kappa shape index (κ3) is 10.7. The molecule has 1 aliphatic heterocycles. The monoisotopic (exact) mass is 809 g/mol. The van der Waals surface area contributed by atoms with Crippen molar-refractivity contribution in [3.8, 4) is 5.75 Å². The number of ether oxygens (including phenoxy) is 1. The van der Waals surface area contributed by atoms with Crippen LogP contribution in [0.3, 0.4) is 0 Å². The third-order valence-corrected chi connectivity index (χ3v) is 18.1. The van der Waals surface area contributed by atoms with E-state index in [-0.39, 0.29) is 35.0 Å². The third-order valence-electron chi connectivity index (χ3n) is 12.0. The van der Waals surface area contributed by atoms with Gasteiger partial charge in [0, 0.05) is 36.9 Å². The lowest BCUT2D eigenvalue weighted by atomic mass is 9.85. The Labute approximate surface area is 347 Å². The van der Waals surface area contributed by atoms with Gasteiger partial charge in [0.25, 0.3) is 0 Å². The number of aromatic nitrogens is 1. The first kappa shape index (κ1) is 44.4. The number of hydrogen-bond acceptors (Lipinski definition) is 7. The summed E-state index contributed by atoms with van der Waals surface area (Å²) in [5.74, 6) is 1.70. The van der Waals surface area contributed by atoms with Crippen LogP contribution in [0.15, 0.2) is 83.6 Å². The Kier molecular flexibility index (Phi) is 14.5. The summed E-state index contributed by atoms with van der Waals surface area (Å²) in [6.45, 7) is 24.3. The van der Waals surface area contributed by atoms with Crippen molar-refractivity contribution in [1.82, 2.24) is 20.1 Å². The lowest BCUT2D eigenvalue weighted by Gasteiger charge is -2.44. The van der Waals surface area contributed by atoms with Crippen LogP contribution in [-0.4, -0.2) is 55.3 Å². The summed E-state index contributed by atoms with van der Waals surface area (Å²) >= 11 is 0. The number of allylic oxidation sites excluding steroid dienone is 1. The fourth-order valence-corrected chi connectivity index (χ4v) is 14.2. The number of hydrogen-bond donors (Lipinski definition) is 5.